The average molecular weight is 527 g/mol. The van der Waals surface area contributed by atoms with E-state index < -0.39 is 12.0 Å². The van der Waals surface area contributed by atoms with E-state index in [0.717, 1.165) is 5.56 Å². The first-order valence-electron chi connectivity index (χ1n) is 11.9. The van der Waals surface area contributed by atoms with Crippen LogP contribution in [-0.2, 0) is 20.9 Å². The number of hydrogen-bond donors (Lipinski definition) is 2. The number of carbonyl (C=O) groups is 4. The third kappa shape index (κ3) is 9.52. The Morgan fingerprint density at radius 1 is 0.816 bits per heavy atom. The van der Waals surface area contributed by atoms with Gasteiger partial charge in [0.25, 0.3) is 5.91 Å². The number of benzene rings is 2. The van der Waals surface area contributed by atoms with Gasteiger partial charge < -0.3 is 29.9 Å². The maximum absolute atomic E-state index is 12.4. The first kappa shape index (κ1) is 29.7. The minimum Gasteiger partial charge on any atom is -0.507 e. The third-order valence-corrected chi connectivity index (χ3v) is 5.69. The number of nitrogens with zero attached hydrogens (tertiary/aromatic N) is 5. The zero-order chi connectivity index (χ0) is 28.2. The maximum Gasteiger partial charge on any atom is 0.409 e. The molecule has 4 amide bonds. The van der Waals surface area contributed by atoms with Crippen LogP contribution in [0.5, 0.6) is 5.75 Å². The molecule has 0 unspecified atom stereocenters. The van der Waals surface area contributed by atoms with Gasteiger partial charge in [0.05, 0.1) is 16.9 Å². The van der Waals surface area contributed by atoms with Gasteiger partial charge in [-0.3, -0.25) is 14.4 Å². The lowest BCUT2D eigenvalue weighted by Crippen LogP contribution is -2.36. The minimum absolute atomic E-state index is 0.0435. The van der Waals surface area contributed by atoms with Gasteiger partial charge >= 0.3 is 6.09 Å². The molecule has 204 valence electrons. The highest BCUT2D eigenvalue weighted by Crippen LogP contribution is 2.25. The van der Waals surface area contributed by atoms with E-state index in [1.807, 2.05) is 0 Å². The summed E-state index contributed by atoms with van der Waals surface area (Å²) in [7, 11) is 4.90. The molecule has 0 spiro atoms. The number of hydrogen-bond acceptors (Lipinski definition) is 8. The first-order valence-corrected chi connectivity index (χ1v) is 11.9. The fourth-order valence-corrected chi connectivity index (χ4v) is 2.94. The molecule has 2 N–H and O–H groups in total. The molecule has 0 fully saturated rings. The second-order valence-electron chi connectivity index (χ2n) is 8.68. The highest BCUT2D eigenvalue weighted by atomic mass is 16.6. The molecule has 0 saturated carbocycles. The van der Waals surface area contributed by atoms with Gasteiger partial charge in [0.1, 0.15) is 12.4 Å². The quantitative estimate of drug-likeness (QED) is 0.431. The number of azo groups is 1. The summed E-state index contributed by atoms with van der Waals surface area (Å²) in [4.78, 5) is 51.5. The van der Waals surface area contributed by atoms with Crippen LogP contribution in [0.25, 0.3) is 0 Å². The Bertz CT molecular complexity index is 1170. The van der Waals surface area contributed by atoms with Crippen molar-refractivity contribution in [3.8, 4) is 5.75 Å². The molecule has 0 radical (unpaired) electrons. The largest absolute Gasteiger partial charge is 0.507 e. The van der Waals surface area contributed by atoms with Crippen LogP contribution in [0.3, 0.4) is 0 Å². The molecule has 12 nitrogen and oxygen atoms in total. The van der Waals surface area contributed by atoms with Gasteiger partial charge in [-0.1, -0.05) is 12.1 Å². The summed E-state index contributed by atoms with van der Waals surface area (Å²) in [5, 5.41) is 21.0. The zero-order valence-electron chi connectivity index (χ0n) is 22.3. The van der Waals surface area contributed by atoms with Gasteiger partial charge in [-0.2, -0.15) is 10.2 Å². The number of phenolic OH excluding ortho intramolecular Hbond substituents is 1. The number of phenols is 1. The number of aromatic hydroxyl groups is 1. The first-order chi connectivity index (χ1) is 18.0. The monoisotopic (exact) mass is 526 g/mol. The van der Waals surface area contributed by atoms with Gasteiger partial charge in [-0.05, 0) is 35.9 Å². The van der Waals surface area contributed by atoms with Crippen molar-refractivity contribution in [2.75, 3.05) is 47.3 Å². The van der Waals surface area contributed by atoms with Crippen LogP contribution in [0, 0.1) is 0 Å². The number of amides is 4. The Kier molecular flexibility index (Phi) is 11.2. The van der Waals surface area contributed by atoms with Crippen LogP contribution < -0.4 is 5.32 Å². The molecule has 0 aliphatic heterocycles. The molecular weight excluding hydrogens is 492 g/mol. The summed E-state index contributed by atoms with van der Waals surface area (Å²) in [5.41, 5.74) is 1.70. The number of nitrogens with one attached hydrogen (secondary N) is 1. The standard InChI is InChI=1S/C26H34N6O6/c1-18(33)30(3)13-12-27-25(36)23-16-22(10-11-24(23)35)29-28-21-8-6-20(7-9-21)17-38-26(37)32(5)15-14-31(4)19(2)34/h6-11,16,35H,12-15,17H2,1-5H3,(H,27,36). The topological polar surface area (TPSA) is 144 Å². The fourth-order valence-electron chi connectivity index (χ4n) is 2.94. The molecule has 0 aromatic heterocycles. The Morgan fingerprint density at radius 3 is 2.00 bits per heavy atom. The van der Waals surface area contributed by atoms with Crippen molar-refractivity contribution in [1.82, 2.24) is 20.0 Å². The van der Waals surface area contributed by atoms with Crippen LogP contribution >= 0.6 is 0 Å². The second-order valence-corrected chi connectivity index (χ2v) is 8.68. The average Bonchev–Trinajstić information content (AvgIpc) is 2.89. The summed E-state index contributed by atoms with van der Waals surface area (Å²) in [6.07, 6.45) is -0.497. The third-order valence-electron chi connectivity index (χ3n) is 5.69. The predicted octanol–water partition coefficient (Wildman–Crippen LogP) is 3.06. The number of carbonyl (C=O) groups excluding carboxylic acids is 4. The van der Waals surface area contributed by atoms with Crippen molar-refractivity contribution in [2.24, 2.45) is 10.2 Å². The van der Waals surface area contributed by atoms with Gasteiger partial charge in [-0.15, -0.1) is 0 Å². The molecule has 0 aliphatic rings. The summed E-state index contributed by atoms with van der Waals surface area (Å²) < 4.78 is 5.30. The van der Waals surface area contributed by atoms with Gasteiger partial charge in [-0.25, -0.2) is 4.79 Å². The molecule has 0 saturated heterocycles. The molecule has 0 atom stereocenters. The number of rotatable bonds is 11. The van der Waals surface area contributed by atoms with E-state index in [1.54, 1.807) is 45.4 Å². The summed E-state index contributed by atoms with van der Waals surface area (Å²) >= 11 is 0. The molecule has 2 aromatic carbocycles. The van der Waals surface area contributed by atoms with Gasteiger partial charge in [0.2, 0.25) is 11.8 Å². The Morgan fingerprint density at radius 2 is 1.37 bits per heavy atom. The minimum atomic E-state index is -0.497. The number of likely N-dealkylation sites (N-methyl/N-ethyl adjacent to an activating group) is 3. The van der Waals surface area contributed by atoms with Crippen LogP contribution in [0.1, 0.15) is 29.8 Å². The molecule has 2 rings (SSSR count). The van der Waals surface area contributed by atoms with E-state index in [4.69, 9.17) is 4.74 Å². The van der Waals surface area contributed by atoms with Crippen LogP contribution in [0.15, 0.2) is 52.7 Å². The van der Waals surface area contributed by atoms with Crippen LogP contribution in [0.4, 0.5) is 16.2 Å². The summed E-state index contributed by atoms with van der Waals surface area (Å²) in [6, 6.07) is 11.2. The Balaban J connectivity index is 1.90. The van der Waals surface area contributed by atoms with E-state index in [1.165, 1.54) is 46.7 Å². The lowest BCUT2D eigenvalue weighted by Gasteiger charge is -2.21. The summed E-state index contributed by atoms with van der Waals surface area (Å²) in [6.45, 7) is 4.30. The van der Waals surface area contributed by atoms with E-state index >= 15 is 0 Å². The van der Waals surface area contributed by atoms with Crippen LogP contribution in [0.2, 0.25) is 0 Å². The molecule has 2 aromatic rings. The predicted molar refractivity (Wildman–Crippen MR) is 140 cm³/mol. The van der Waals surface area contributed by atoms with Gasteiger partial charge in [0.15, 0.2) is 0 Å². The SMILES string of the molecule is CC(=O)N(C)CCNC(=O)c1cc(N=Nc2ccc(COC(=O)N(C)CCN(C)C(C)=O)cc2)ccc1O. The van der Waals surface area contributed by atoms with Crippen molar-refractivity contribution in [1.29, 1.82) is 0 Å². The van der Waals surface area contributed by atoms with Crippen molar-refractivity contribution < 1.29 is 29.0 Å². The highest BCUT2D eigenvalue weighted by Gasteiger charge is 2.13. The van der Waals surface area contributed by atoms with E-state index in [2.05, 4.69) is 15.5 Å². The smallest absolute Gasteiger partial charge is 0.409 e. The molecule has 12 heteroatoms. The normalized spacial score (nSPS) is 10.7. The van der Waals surface area contributed by atoms with E-state index in [9.17, 15) is 24.3 Å². The van der Waals surface area contributed by atoms with Crippen molar-refractivity contribution in [2.45, 2.75) is 20.5 Å². The van der Waals surface area contributed by atoms with E-state index in [-0.39, 0.29) is 36.3 Å². The maximum atomic E-state index is 12.4. The van der Waals surface area contributed by atoms with Gasteiger partial charge in [0, 0.05) is 61.2 Å². The summed E-state index contributed by atoms with van der Waals surface area (Å²) in [5.74, 6) is -0.883. The second kappa shape index (κ2) is 14.3. The number of ether oxygens (including phenoxy) is 1. The fraction of sp³-hybridized carbons (Fsp3) is 0.385. The molecule has 0 bridgehead atoms. The molecule has 0 aliphatic carbocycles. The molecular formula is C26H34N6O6. The van der Waals surface area contributed by atoms with Crippen molar-refractivity contribution in [3.05, 3.63) is 53.6 Å². The lowest BCUT2D eigenvalue weighted by molar-refractivity contribution is -0.128. The lowest BCUT2D eigenvalue weighted by atomic mass is 10.1. The molecule has 38 heavy (non-hydrogen) atoms. The van der Waals surface area contributed by atoms with Crippen molar-refractivity contribution >= 4 is 35.2 Å². The van der Waals surface area contributed by atoms with Crippen molar-refractivity contribution in [3.63, 3.8) is 0 Å². The zero-order valence-corrected chi connectivity index (χ0v) is 22.3. The Labute approximate surface area is 221 Å². The van der Waals surface area contributed by atoms with E-state index in [0.29, 0.717) is 31.0 Å². The van der Waals surface area contributed by atoms with Crippen LogP contribution in [-0.4, -0.2) is 90.9 Å². The molecule has 0 heterocycles. The Hall–Kier alpha value is -4.48. The highest BCUT2D eigenvalue weighted by molar-refractivity contribution is 5.97.